The molecule has 0 amide bonds. The maximum atomic E-state index is 13.1. The van der Waals surface area contributed by atoms with Gasteiger partial charge in [-0.05, 0) is 24.6 Å². The van der Waals surface area contributed by atoms with Crippen LogP contribution in [0.1, 0.15) is 12.5 Å². The van der Waals surface area contributed by atoms with E-state index in [2.05, 4.69) is 4.98 Å². The summed E-state index contributed by atoms with van der Waals surface area (Å²) in [6.45, 7) is 2.08. The van der Waals surface area contributed by atoms with Crippen LogP contribution in [0.25, 0.3) is 0 Å². The molecule has 2 rings (SSSR count). The van der Waals surface area contributed by atoms with Gasteiger partial charge in [0.05, 0.1) is 5.75 Å². The number of benzene rings is 1. The van der Waals surface area contributed by atoms with Gasteiger partial charge < -0.3 is 4.57 Å². The lowest BCUT2D eigenvalue weighted by atomic mass is 10.2. The van der Waals surface area contributed by atoms with Crippen molar-refractivity contribution in [2.45, 2.75) is 24.2 Å². The molecule has 106 valence electrons. The summed E-state index contributed by atoms with van der Waals surface area (Å²) in [6.07, 6.45) is 2.69. The van der Waals surface area contributed by atoms with Gasteiger partial charge in [0.25, 0.3) is 5.56 Å². The van der Waals surface area contributed by atoms with Crippen LogP contribution < -0.4 is 5.56 Å². The third-order valence-corrected chi connectivity index (χ3v) is 4.35. The highest BCUT2D eigenvalue weighted by molar-refractivity contribution is 7.90. The normalized spacial score (nSPS) is 11.5. The summed E-state index contributed by atoms with van der Waals surface area (Å²) < 4.78 is 38.7. The Morgan fingerprint density at radius 3 is 2.75 bits per heavy atom. The molecule has 0 spiro atoms. The maximum Gasteiger partial charge on any atom is 0.288 e. The van der Waals surface area contributed by atoms with Crippen molar-refractivity contribution < 1.29 is 12.8 Å². The first-order valence-corrected chi connectivity index (χ1v) is 7.62. The van der Waals surface area contributed by atoms with E-state index in [1.54, 1.807) is 6.92 Å². The molecule has 5 nitrogen and oxygen atoms in total. The molecule has 0 atom stereocenters. The van der Waals surface area contributed by atoms with Crippen molar-refractivity contribution in [2.75, 3.05) is 0 Å². The Hall–Kier alpha value is -2.02. The number of sulfone groups is 1. The molecule has 0 saturated carbocycles. The first-order chi connectivity index (χ1) is 9.44. The number of hydrogen-bond acceptors (Lipinski definition) is 4. The number of aryl methyl sites for hydroxylation is 1. The van der Waals surface area contributed by atoms with E-state index < -0.39 is 32.0 Å². The highest BCUT2D eigenvalue weighted by atomic mass is 32.2. The average molecular weight is 296 g/mol. The van der Waals surface area contributed by atoms with Gasteiger partial charge in [-0.15, -0.1) is 0 Å². The lowest BCUT2D eigenvalue weighted by molar-refractivity contribution is 0.583. The molecule has 0 aliphatic carbocycles. The standard InChI is InChI=1S/C13H13FN2O3S/c1-2-16-7-6-15-12(13(16)17)20(18,19)9-10-4-3-5-11(14)8-10/h3-8H,2,9H2,1H3. The van der Waals surface area contributed by atoms with Gasteiger partial charge in [0, 0.05) is 18.9 Å². The van der Waals surface area contributed by atoms with Gasteiger partial charge in [-0.3, -0.25) is 4.79 Å². The predicted octanol–water partition coefficient (Wildman–Crippen LogP) is 1.38. The van der Waals surface area contributed by atoms with Gasteiger partial charge in [-0.1, -0.05) is 12.1 Å². The molecular weight excluding hydrogens is 283 g/mol. The van der Waals surface area contributed by atoms with Crippen molar-refractivity contribution in [3.63, 3.8) is 0 Å². The zero-order chi connectivity index (χ0) is 14.8. The summed E-state index contributed by atoms with van der Waals surface area (Å²) in [5.74, 6) is -0.981. The highest BCUT2D eigenvalue weighted by Gasteiger charge is 2.22. The van der Waals surface area contributed by atoms with E-state index in [4.69, 9.17) is 0 Å². The second-order valence-corrected chi connectivity index (χ2v) is 6.12. The van der Waals surface area contributed by atoms with E-state index in [1.165, 1.54) is 35.2 Å². The Balaban J connectivity index is 2.44. The Morgan fingerprint density at radius 2 is 2.10 bits per heavy atom. The Labute approximate surface area is 115 Å². The molecule has 0 aliphatic rings. The fourth-order valence-corrected chi connectivity index (χ4v) is 3.16. The van der Waals surface area contributed by atoms with Crippen LogP contribution in [-0.2, 0) is 22.1 Å². The van der Waals surface area contributed by atoms with E-state index >= 15 is 0 Å². The molecule has 1 heterocycles. The molecule has 0 aliphatic heterocycles. The summed E-state index contributed by atoms with van der Waals surface area (Å²) in [7, 11) is -3.90. The summed E-state index contributed by atoms with van der Waals surface area (Å²) in [6, 6.07) is 5.25. The fourth-order valence-electron chi connectivity index (χ4n) is 1.80. The first kappa shape index (κ1) is 14.4. The van der Waals surface area contributed by atoms with Crippen molar-refractivity contribution >= 4 is 9.84 Å². The number of nitrogens with zero attached hydrogens (tertiary/aromatic N) is 2. The lowest BCUT2D eigenvalue weighted by Crippen LogP contribution is -2.27. The summed E-state index contributed by atoms with van der Waals surface area (Å²) in [4.78, 5) is 15.6. The Kier molecular flexibility index (Phi) is 3.99. The molecule has 0 saturated heterocycles. The molecule has 0 radical (unpaired) electrons. The van der Waals surface area contributed by atoms with Crippen molar-refractivity contribution in [2.24, 2.45) is 0 Å². The van der Waals surface area contributed by atoms with Crippen LogP contribution >= 0.6 is 0 Å². The van der Waals surface area contributed by atoms with E-state index in [0.717, 1.165) is 6.07 Å². The van der Waals surface area contributed by atoms with Crippen LogP contribution in [0, 0.1) is 5.82 Å². The molecule has 0 N–H and O–H groups in total. The number of rotatable bonds is 4. The minimum absolute atomic E-state index is 0.276. The molecule has 1 aromatic carbocycles. The number of aromatic nitrogens is 2. The van der Waals surface area contributed by atoms with E-state index in [9.17, 15) is 17.6 Å². The van der Waals surface area contributed by atoms with Gasteiger partial charge in [-0.25, -0.2) is 17.8 Å². The average Bonchev–Trinajstić information content (AvgIpc) is 2.38. The Bertz CT molecular complexity index is 784. The minimum atomic E-state index is -3.90. The molecular formula is C13H13FN2O3S. The minimum Gasteiger partial charge on any atom is -0.312 e. The summed E-state index contributed by atoms with van der Waals surface area (Å²) in [5.41, 5.74) is -0.385. The van der Waals surface area contributed by atoms with Crippen LogP contribution in [-0.4, -0.2) is 18.0 Å². The van der Waals surface area contributed by atoms with Gasteiger partial charge in [-0.2, -0.15) is 0 Å². The van der Waals surface area contributed by atoms with Crippen molar-refractivity contribution in [1.29, 1.82) is 0 Å². The zero-order valence-electron chi connectivity index (χ0n) is 10.8. The van der Waals surface area contributed by atoms with Crippen LogP contribution in [0.4, 0.5) is 4.39 Å². The van der Waals surface area contributed by atoms with Gasteiger partial charge in [0.15, 0.2) is 0 Å². The molecule has 1 aromatic heterocycles. The largest absolute Gasteiger partial charge is 0.312 e. The monoisotopic (exact) mass is 296 g/mol. The summed E-state index contributed by atoms with van der Waals surface area (Å²) >= 11 is 0. The highest BCUT2D eigenvalue weighted by Crippen LogP contribution is 2.12. The summed E-state index contributed by atoms with van der Waals surface area (Å²) in [5, 5.41) is -0.508. The van der Waals surface area contributed by atoms with Crippen molar-refractivity contribution in [3.8, 4) is 0 Å². The second-order valence-electron chi connectivity index (χ2n) is 4.21. The quantitative estimate of drug-likeness (QED) is 0.854. The van der Waals surface area contributed by atoms with Gasteiger partial charge in [0.2, 0.25) is 14.9 Å². The van der Waals surface area contributed by atoms with Gasteiger partial charge >= 0.3 is 0 Å². The SMILES string of the molecule is CCn1ccnc(S(=O)(=O)Cc2cccc(F)c2)c1=O. The smallest absolute Gasteiger partial charge is 0.288 e. The topological polar surface area (TPSA) is 69.0 Å². The maximum absolute atomic E-state index is 13.1. The van der Waals surface area contributed by atoms with Crippen molar-refractivity contribution in [1.82, 2.24) is 9.55 Å². The zero-order valence-corrected chi connectivity index (χ0v) is 11.6. The molecule has 2 aromatic rings. The third kappa shape index (κ3) is 2.93. The first-order valence-electron chi connectivity index (χ1n) is 5.96. The van der Waals surface area contributed by atoms with Crippen molar-refractivity contribution in [3.05, 3.63) is 58.4 Å². The number of halogens is 1. The Morgan fingerprint density at radius 1 is 1.35 bits per heavy atom. The van der Waals surface area contributed by atoms with E-state index in [1.807, 2.05) is 0 Å². The lowest BCUT2D eigenvalue weighted by Gasteiger charge is -2.06. The van der Waals surface area contributed by atoms with Crippen LogP contribution in [0.3, 0.4) is 0 Å². The predicted molar refractivity (Wildman–Crippen MR) is 71.5 cm³/mol. The molecule has 0 bridgehead atoms. The second kappa shape index (κ2) is 5.54. The van der Waals surface area contributed by atoms with Crippen LogP contribution in [0.5, 0.6) is 0 Å². The fraction of sp³-hybridized carbons (Fsp3) is 0.231. The van der Waals surface area contributed by atoms with E-state index in [0.29, 0.717) is 6.54 Å². The van der Waals surface area contributed by atoms with Crippen LogP contribution in [0.15, 0.2) is 46.5 Å². The van der Waals surface area contributed by atoms with Gasteiger partial charge in [0.1, 0.15) is 5.82 Å². The third-order valence-electron chi connectivity index (χ3n) is 2.76. The molecule has 0 unspecified atom stereocenters. The van der Waals surface area contributed by atoms with E-state index in [-0.39, 0.29) is 5.56 Å². The van der Waals surface area contributed by atoms with Crippen LogP contribution in [0.2, 0.25) is 0 Å². The molecule has 7 heteroatoms. The molecule has 20 heavy (non-hydrogen) atoms. The molecule has 0 fully saturated rings. The number of hydrogen-bond donors (Lipinski definition) is 0.